The summed E-state index contributed by atoms with van der Waals surface area (Å²) in [5, 5.41) is 20.9. The highest BCUT2D eigenvalue weighted by molar-refractivity contribution is 5.95. The number of aromatic hydroxyl groups is 1. The van der Waals surface area contributed by atoms with Gasteiger partial charge in [-0.05, 0) is 38.3 Å². The van der Waals surface area contributed by atoms with Crippen LogP contribution in [0.5, 0.6) is 11.5 Å². The molecule has 1 aromatic carbocycles. The normalized spacial score (nSPS) is 13.3. The molecule has 0 bridgehead atoms. The van der Waals surface area contributed by atoms with Crippen molar-refractivity contribution < 1.29 is 14.6 Å². The molecule has 1 heterocycles. The highest BCUT2D eigenvalue weighted by Crippen LogP contribution is 2.28. The van der Waals surface area contributed by atoms with Crippen molar-refractivity contribution in [2.75, 3.05) is 6.61 Å². The van der Waals surface area contributed by atoms with E-state index in [1.807, 2.05) is 6.92 Å². The SMILES string of the molecule is CCOc1cccc(/C=N/NC(=O)c2n[nH]c3c2CCC3)c1O. The molecule has 2 aromatic rings. The smallest absolute Gasteiger partial charge is 0.292 e. The zero-order valence-electron chi connectivity index (χ0n) is 12.8. The number of benzene rings is 1. The number of aryl methyl sites for hydroxylation is 1. The second-order valence-electron chi connectivity index (χ2n) is 5.21. The van der Waals surface area contributed by atoms with Gasteiger partial charge >= 0.3 is 0 Å². The second-order valence-corrected chi connectivity index (χ2v) is 5.21. The van der Waals surface area contributed by atoms with Crippen LogP contribution in [0.3, 0.4) is 0 Å². The molecule has 7 nitrogen and oxygen atoms in total. The van der Waals surface area contributed by atoms with Crippen molar-refractivity contribution >= 4 is 12.1 Å². The zero-order valence-corrected chi connectivity index (χ0v) is 12.8. The summed E-state index contributed by atoms with van der Waals surface area (Å²) >= 11 is 0. The minimum absolute atomic E-state index is 0.00647. The number of hydrogen-bond acceptors (Lipinski definition) is 5. The van der Waals surface area contributed by atoms with E-state index in [4.69, 9.17) is 4.74 Å². The fourth-order valence-electron chi connectivity index (χ4n) is 2.64. The van der Waals surface area contributed by atoms with Crippen LogP contribution in [0.1, 0.15) is 40.7 Å². The van der Waals surface area contributed by atoms with Crippen LogP contribution in [0, 0.1) is 0 Å². The van der Waals surface area contributed by atoms with Gasteiger partial charge in [-0.3, -0.25) is 9.89 Å². The van der Waals surface area contributed by atoms with Gasteiger partial charge in [0.25, 0.3) is 5.91 Å². The summed E-state index contributed by atoms with van der Waals surface area (Å²) in [4.78, 5) is 12.1. The van der Waals surface area contributed by atoms with Crippen LogP contribution in [0.25, 0.3) is 0 Å². The van der Waals surface area contributed by atoms with Gasteiger partial charge < -0.3 is 9.84 Å². The third kappa shape index (κ3) is 3.03. The topological polar surface area (TPSA) is 99.6 Å². The number of carbonyl (C=O) groups excluding carboxylic acids is 1. The van der Waals surface area contributed by atoms with E-state index in [-0.39, 0.29) is 11.7 Å². The Hall–Kier alpha value is -2.83. The number of amides is 1. The number of phenolic OH excluding ortho intramolecular Hbond substituents is 1. The van der Waals surface area contributed by atoms with Gasteiger partial charge in [0.1, 0.15) is 0 Å². The molecule has 1 aliphatic carbocycles. The van der Waals surface area contributed by atoms with Gasteiger partial charge in [0.2, 0.25) is 0 Å². The van der Waals surface area contributed by atoms with E-state index in [1.165, 1.54) is 6.21 Å². The van der Waals surface area contributed by atoms with Crippen LogP contribution in [-0.2, 0) is 12.8 Å². The van der Waals surface area contributed by atoms with Crippen LogP contribution in [0.15, 0.2) is 23.3 Å². The van der Waals surface area contributed by atoms with E-state index < -0.39 is 0 Å². The molecule has 23 heavy (non-hydrogen) atoms. The summed E-state index contributed by atoms with van der Waals surface area (Å²) in [5.74, 6) is 0.0158. The number of aromatic nitrogens is 2. The first-order chi connectivity index (χ1) is 11.2. The number of carbonyl (C=O) groups is 1. The summed E-state index contributed by atoms with van der Waals surface area (Å²) < 4.78 is 5.30. The van der Waals surface area contributed by atoms with Gasteiger partial charge in [-0.2, -0.15) is 10.2 Å². The lowest BCUT2D eigenvalue weighted by atomic mass is 10.2. The average molecular weight is 314 g/mol. The van der Waals surface area contributed by atoms with E-state index in [0.29, 0.717) is 23.6 Å². The molecule has 1 aliphatic rings. The second kappa shape index (κ2) is 6.51. The van der Waals surface area contributed by atoms with Crippen LogP contribution in [0.2, 0.25) is 0 Å². The molecular weight excluding hydrogens is 296 g/mol. The molecule has 0 fully saturated rings. The van der Waals surface area contributed by atoms with Gasteiger partial charge in [0, 0.05) is 16.8 Å². The van der Waals surface area contributed by atoms with Crippen molar-refractivity contribution in [3.8, 4) is 11.5 Å². The number of para-hydroxylation sites is 1. The van der Waals surface area contributed by atoms with Gasteiger partial charge in [0.05, 0.1) is 12.8 Å². The van der Waals surface area contributed by atoms with Crippen molar-refractivity contribution in [1.29, 1.82) is 0 Å². The third-order valence-electron chi connectivity index (χ3n) is 3.72. The Balaban J connectivity index is 1.69. The van der Waals surface area contributed by atoms with Crippen LogP contribution >= 0.6 is 0 Å². The number of phenols is 1. The molecule has 0 atom stereocenters. The first kappa shape index (κ1) is 15.1. The van der Waals surface area contributed by atoms with E-state index in [0.717, 1.165) is 30.5 Å². The molecule has 0 spiro atoms. The molecule has 1 aromatic heterocycles. The fraction of sp³-hybridized carbons (Fsp3) is 0.312. The third-order valence-corrected chi connectivity index (χ3v) is 3.72. The maximum atomic E-state index is 12.1. The molecule has 0 unspecified atom stereocenters. The molecule has 0 saturated heterocycles. The lowest BCUT2D eigenvalue weighted by Crippen LogP contribution is -2.19. The molecule has 3 rings (SSSR count). The number of hydrazone groups is 1. The minimum atomic E-state index is -0.360. The standard InChI is InChI=1S/C16H18N4O3/c1-2-23-13-8-3-5-10(15(13)21)9-17-20-16(22)14-11-6-4-7-12(11)18-19-14/h3,5,8-9,21H,2,4,6-7H2,1H3,(H,18,19)(H,20,22)/b17-9+. The molecular formula is C16H18N4O3. The summed E-state index contributed by atoms with van der Waals surface area (Å²) in [6.07, 6.45) is 4.19. The Morgan fingerprint density at radius 1 is 1.52 bits per heavy atom. The van der Waals surface area contributed by atoms with Gasteiger partial charge in [-0.1, -0.05) is 6.07 Å². The van der Waals surface area contributed by atoms with Crippen LogP contribution in [-0.4, -0.2) is 34.0 Å². The number of aromatic amines is 1. The van der Waals surface area contributed by atoms with E-state index >= 15 is 0 Å². The van der Waals surface area contributed by atoms with Crippen molar-refractivity contribution in [3.63, 3.8) is 0 Å². The van der Waals surface area contributed by atoms with E-state index in [2.05, 4.69) is 20.7 Å². The predicted molar refractivity (Wildman–Crippen MR) is 84.9 cm³/mol. The number of H-pyrrole nitrogens is 1. The summed E-state index contributed by atoms with van der Waals surface area (Å²) in [6.45, 7) is 2.29. The largest absolute Gasteiger partial charge is 0.504 e. The number of fused-ring (bicyclic) bond motifs is 1. The Labute approximate surface area is 133 Å². The summed E-state index contributed by atoms with van der Waals surface area (Å²) in [6, 6.07) is 5.09. The maximum Gasteiger partial charge on any atom is 0.292 e. The van der Waals surface area contributed by atoms with Crippen molar-refractivity contribution in [1.82, 2.24) is 15.6 Å². The Morgan fingerprint density at radius 2 is 2.39 bits per heavy atom. The number of hydrogen-bond donors (Lipinski definition) is 3. The van der Waals surface area contributed by atoms with Crippen molar-refractivity contribution in [2.24, 2.45) is 5.10 Å². The first-order valence-electron chi connectivity index (χ1n) is 7.55. The van der Waals surface area contributed by atoms with E-state index in [1.54, 1.807) is 18.2 Å². The van der Waals surface area contributed by atoms with Gasteiger partial charge in [-0.15, -0.1) is 0 Å². The number of ether oxygens (including phenoxy) is 1. The Bertz CT molecular complexity index is 752. The number of nitrogens with zero attached hydrogens (tertiary/aromatic N) is 2. The lowest BCUT2D eigenvalue weighted by molar-refractivity contribution is 0.0949. The highest BCUT2D eigenvalue weighted by atomic mass is 16.5. The van der Waals surface area contributed by atoms with Crippen molar-refractivity contribution in [3.05, 3.63) is 40.7 Å². The highest BCUT2D eigenvalue weighted by Gasteiger charge is 2.22. The lowest BCUT2D eigenvalue weighted by Gasteiger charge is -2.07. The molecule has 0 saturated carbocycles. The monoisotopic (exact) mass is 314 g/mol. The minimum Gasteiger partial charge on any atom is -0.504 e. The Morgan fingerprint density at radius 3 is 3.22 bits per heavy atom. The quantitative estimate of drug-likeness (QED) is 0.578. The number of rotatable bonds is 5. The van der Waals surface area contributed by atoms with Crippen molar-refractivity contribution in [2.45, 2.75) is 26.2 Å². The van der Waals surface area contributed by atoms with E-state index in [9.17, 15) is 9.90 Å². The predicted octanol–water partition coefficient (Wildman–Crippen LogP) is 1.77. The van der Waals surface area contributed by atoms with Crippen LogP contribution in [0.4, 0.5) is 0 Å². The van der Waals surface area contributed by atoms with Gasteiger partial charge in [-0.25, -0.2) is 5.43 Å². The molecule has 0 aliphatic heterocycles. The molecule has 120 valence electrons. The zero-order chi connectivity index (χ0) is 16.2. The van der Waals surface area contributed by atoms with Crippen LogP contribution < -0.4 is 10.2 Å². The number of nitrogens with one attached hydrogen (secondary N) is 2. The maximum absolute atomic E-state index is 12.1. The average Bonchev–Trinajstić information content (AvgIpc) is 3.14. The molecule has 7 heteroatoms. The molecule has 0 radical (unpaired) electrons. The Kier molecular flexibility index (Phi) is 4.27. The molecule has 3 N–H and O–H groups in total. The first-order valence-corrected chi connectivity index (χ1v) is 7.55. The molecule has 1 amide bonds. The fourth-order valence-corrected chi connectivity index (χ4v) is 2.64. The summed E-state index contributed by atoms with van der Waals surface area (Å²) in [7, 11) is 0. The van der Waals surface area contributed by atoms with Gasteiger partial charge in [0.15, 0.2) is 17.2 Å². The summed E-state index contributed by atoms with van der Waals surface area (Å²) in [5.41, 5.74) is 5.29.